The van der Waals surface area contributed by atoms with Crippen molar-refractivity contribution in [1.82, 2.24) is 25.5 Å². The molecular weight excluding hydrogens is 691 g/mol. The molecule has 5 aromatic rings. The fourth-order valence-corrected chi connectivity index (χ4v) is 6.95. The molecule has 276 valence electrons. The van der Waals surface area contributed by atoms with E-state index in [-0.39, 0.29) is 30.6 Å². The van der Waals surface area contributed by atoms with Crippen LogP contribution in [0.1, 0.15) is 73.2 Å². The van der Waals surface area contributed by atoms with Gasteiger partial charge in [0.25, 0.3) is 0 Å². The van der Waals surface area contributed by atoms with Crippen LogP contribution in [-0.4, -0.2) is 49.0 Å². The van der Waals surface area contributed by atoms with Crippen LogP contribution in [0.3, 0.4) is 0 Å². The molecule has 0 spiro atoms. The van der Waals surface area contributed by atoms with Gasteiger partial charge in [0.15, 0.2) is 6.29 Å². The minimum atomic E-state index is -0.573. The van der Waals surface area contributed by atoms with E-state index in [0.717, 1.165) is 45.0 Å². The largest absolute Gasteiger partial charge is 0.397 e. The number of benzene rings is 4. The zero-order valence-corrected chi connectivity index (χ0v) is 30.5. The van der Waals surface area contributed by atoms with E-state index in [1.165, 1.54) is 0 Å². The van der Waals surface area contributed by atoms with Crippen LogP contribution in [0.25, 0.3) is 11.1 Å². The van der Waals surface area contributed by atoms with E-state index >= 15 is 0 Å². The second-order valence-corrected chi connectivity index (χ2v) is 14.0. The molecule has 0 saturated carbocycles. The number of para-hydroxylation sites is 2. The lowest BCUT2D eigenvalue weighted by molar-refractivity contribution is -0.245. The number of nitrogen functional groups attached to an aromatic ring is 1. The molecule has 12 nitrogen and oxygen atoms in total. The van der Waals surface area contributed by atoms with Crippen molar-refractivity contribution >= 4 is 35.0 Å². The first-order chi connectivity index (χ1) is 25.8. The van der Waals surface area contributed by atoms with Crippen molar-refractivity contribution in [2.45, 2.75) is 75.3 Å². The molecule has 2 amide bonds. The Morgan fingerprint density at radius 2 is 1.62 bits per heavy atom. The lowest BCUT2D eigenvalue weighted by atomic mass is 9.99. The molecule has 0 unspecified atom stereocenters. The predicted molar refractivity (Wildman–Crippen MR) is 204 cm³/mol. The molecule has 3 atom stereocenters. The zero-order chi connectivity index (χ0) is 37.0. The van der Waals surface area contributed by atoms with E-state index in [1.807, 2.05) is 67.7 Å². The number of hydrogen-bond donors (Lipinski definition) is 4. The van der Waals surface area contributed by atoms with Gasteiger partial charge in [-0.25, -0.2) is 4.68 Å². The van der Waals surface area contributed by atoms with E-state index in [9.17, 15) is 14.7 Å². The van der Waals surface area contributed by atoms with Crippen LogP contribution in [0.5, 0.6) is 0 Å². The second-order valence-electron chi connectivity index (χ2n) is 13.0. The number of carbonyl (C=O) groups is 2. The Labute approximate surface area is 313 Å². The highest BCUT2D eigenvalue weighted by atomic mass is 32.2. The van der Waals surface area contributed by atoms with E-state index in [2.05, 4.69) is 50.4 Å². The third-order valence-electron chi connectivity index (χ3n) is 9.07. The van der Waals surface area contributed by atoms with Crippen molar-refractivity contribution in [3.63, 3.8) is 0 Å². The molecule has 0 aliphatic carbocycles. The summed E-state index contributed by atoms with van der Waals surface area (Å²) in [6, 6.07) is 31.3. The number of aliphatic hydroxyl groups excluding tert-OH is 1. The molecule has 1 aliphatic heterocycles. The van der Waals surface area contributed by atoms with E-state index in [4.69, 9.17) is 15.2 Å². The summed E-state index contributed by atoms with van der Waals surface area (Å²) in [7, 11) is 1.81. The fraction of sp³-hybridized carbons (Fsp3) is 0.325. The van der Waals surface area contributed by atoms with Gasteiger partial charge in [-0.1, -0.05) is 97.0 Å². The van der Waals surface area contributed by atoms with Crippen LogP contribution in [0.2, 0.25) is 0 Å². The number of unbranched alkanes of at least 4 members (excludes halogenated alkanes) is 2. The topological polar surface area (TPSA) is 167 Å². The molecule has 13 heteroatoms. The van der Waals surface area contributed by atoms with Gasteiger partial charge in [0.2, 0.25) is 17.0 Å². The second kappa shape index (κ2) is 18.6. The van der Waals surface area contributed by atoms with Crippen LogP contribution < -0.4 is 16.4 Å². The molecule has 4 aromatic carbocycles. The van der Waals surface area contributed by atoms with Crippen molar-refractivity contribution in [2.24, 2.45) is 7.05 Å². The number of nitrogens with two attached hydrogens (primary N) is 1. The molecule has 0 bridgehead atoms. The summed E-state index contributed by atoms with van der Waals surface area (Å²) in [6.07, 6.45) is 2.77. The minimum absolute atomic E-state index is 0.0105. The fourth-order valence-electron chi connectivity index (χ4n) is 6.09. The average molecular weight is 736 g/mol. The highest BCUT2D eigenvalue weighted by Gasteiger charge is 2.32. The van der Waals surface area contributed by atoms with Crippen molar-refractivity contribution < 1.29 is 24.2 Å². The lowest BCUT2D eigenvalue weighted by Crippen LogP contribution is -2.31. The van der Waals surface area contributed by atoms with Gasteiger partial charge in [0.05, 0.1) is 30.2 Å². The number of ether oxygens (including phenoxy) is 2. The van der Waals surface area contributed by atoms with E-state index in [0.29, 0.717) is 55.8 Å². The molecule has 1 aromatic heterocycles. The molecule has 2 heterocycles. The molecule has 1 fully saturated rings. The van der Waals surface area contributed by atoms with E-state index in [1.54, 1.807) is 28.6 Å². The van der Waals surface area contributed by atoms with Gasteiger partial charge >= 0.3 is 0 Å². The van der Waals surface area contributed by atoms with Gasteiger partial charge in [-0.05, 0) is 69.3 Å². The van der Waals surface area contributed by atoms with Crippen LogP contribution in [-0.2, 0) is 39.3 Å². The molecular formula is C40H45N7O5S. The normalized spacial score (nSPS) is 17.0. The van der Waals surface area contributed by atoms with Crippen molar-refractivity contribution in [3.05, 3.63) is 119 Å². The summed E-state index contributed by atoms with van der Waals surface area (Å²) < 4.78 is 14.6. The number of thioether (sulfide) groups is 1. The summed E-state index contributed by atoms with van der Waals surface area (Å²) in [5.41, 5.74) is 12.9. The summed E-state index contributed by atoms with van der Waals surface area (Å²) in [4.78, 5) is 24.8. The number of nitrogens with one attached hydrogen (secondary N) is 2. The number of amides is 2. The van der Waals surface area contributed by atoms with E-state index < -0.39 is 6.29 Å². The van der Waals surface area contributed by atoms with Crippen LogP contribution >= 0.6 is 11.8 Å². The van der Waals surface area contributed by atoms with Crippen molar-refractivity contribution in [1.29, 1.82) is 0 Å². The smallest absolute Gasteiger partial charge is 0.224 e. The van der Waals surface area contributed by atoms with Gasteiger partial charge in [-0.15, -0.1) is 5.10 Å². The van der Waals surface area contributed by atoms with Gasteiger partial charge in [-0.2, -0.15) is 0 Å². The quantitative estimate of drug-likeness (QED) is 0.0500. The van der Waals surface area contributed by atoms with Crippen LogP contribution in [0, 0.1) is 0 Å². The first-order valence-electron chi connectivity index (χ1n) is 17.8. The average Bonchev–Trinajstić information content (AvgIpc) is 3.61. The van der Waals surface area contributed by atoms with Gasteiger partial charge < -0.3 is 30.9 Å². The number of aromatic nitrogens is 4. The molecule has 5 N–H and O–H groups in total. The number of anilines is 2. The number of carbonyl (C=O) groups excluding carboxylic acids is 2. The third kappa shape index (κ3) is 10.7. The highest BCUT2D eigenvalue weighted by Crippen LogP contribution is 2.39. The molecule has 6 rings (SSSR count). The summed E-state index contributed by atoms with van der Waals surface area (Å²) in [5, 5.41) is 27.9. The Morgan fingerprint density at radius 3 is 2.36 bits per heavy atom. The molecule has 53 heavy (non-hydrogen) atoms. The monoisotopic (exact) mass is 735 g/mol. The number of hydrogen-bond acceptors (Lipinski definition) is 10. The Bertz CT molecular complexity index is 1950. The van der Waals surface area contributed by atoms with Crippen molar-refractivity contribution in [3.8, 4) is 11.1 Å². The molecule has 1 saturated heterocycles. The van der Waals surface area contributed by atoms with Gasteiger partial charge in [0.1, 0.15) is 0 Å². The third-order valence-corrected chi connectivity index (χ3v) is 10.2. The van der Waals surface area contributed by atoms with Gasteiger partial charge in [0, 0.05) is 44.2 Å². The van der Waals surface area contributed by atoms with Crippen LogP contribution in [0.15, 0.2) is 102 Å². The standard InChI is InChI=1S/C40H45N7O5S/c1-47-40(44-45-46-47)53-26-33-23-36(30-16-14-27(25-48)15-17-30)52-39(51-33)31-20-18-29(19-21-31)32-9-7-8-28(22-32)24-42-37(49)12-3-2-4-13-38(50)43-35-11-6-5-10-34(35)41/h5-11,14-22,33,36,39,48H,2-4,12-13,23-26,41H2,1H3,(H,42,49)(H,43,50)/t33-,36+,39+/m0/s1. The molecule has 1 aliphatic rings. The molecule has 0 radical (unpaired) electrons. The number of rotatable bonds is 16. The predicted octanol–water partition coefficient (Wildman–Crippen LogP) is 6.49. The lowest BCUT2D eigenvalue weighted by Gasteiger charge is -2.36. The highest BCUT2D eigenvalue weighted by molar-refractivity contribution is 7.99. The maximum atomic E-state index is 12.6. The minimum Gasteiger partial charge on any atom is -0.397 e. The Hall–Kier alpha value is -5.08. The van der Waals surface area contributed by atoms with Crippen LogP contribution in [0.4, 0.5) is 11.4 Å². The number of aryl methyl sites for hydroxylation is 1. The summed E-state index contributed by atoms with van der Waals surface area (Å²) in [5.74, 6) is 0.566. The first-order valence-corrected chi connectivity index (χ1v) is 18.8. The number of nitrogens with zero attached hydrogens (tertiary/aromatic N) is 4. The Kier molecular flexibility index (Phi) is 13.2. The Balaban J connectivity index is 0.997. The van der Waals surface area contributed by atoms with Gasteiger partial charge in [-0.3, -0.25) is 9.59 Å². The number of tetrazole rings is 1. The maximum Gasteiger partial charge on any atom is 0.224 e. The zero-order valence-electron chi connectivity index (χ0n) is 29.7. The summed E-state index contributed by atoms with van der Waals surface area (Å²) >= 11 is 1.54. The number of aliphatic hydroxyl groups is 1. The first kappa shape index (κ1) is 37.7. The Morgan fingerprint density at radius 1 is 0.868 bits per heavy atom. The maximum absolute atomic E-state index is 12.6. The van der Waals surface area contributed by atoms with Crippen molar-refractivity contribution in [2.75, 3.05) is 16.8 Å². The summed E-state index contributed by atoms with van der Waals surface area (Å²) in [6.45, 7) is 0.420. The SMILES string of the molecule is Cn1nnnc1SC[C@@H]1C[C@H](c2ccc(CO)cc2)O[C@H](c2ccc(-c3cccc(CNC(=O)CCCCCC(=O)Nc4ccccc4N)c3)cc2)O1.